The number of aromatic nitrogens is 3. The van der Waals surface area contributed by atoms with E-state index < -0.39 is 0 Å². The predicted octanol–water partition coefficient (Wildman–Crippen LogP) is 3.35. The highest BCUT2D eigenvalue weighted by Crippen LogP contribution is 2.38. The quantitative estimate of drug-likeness (QED) is 0.721. The molecule has 2 heterocycles. The lowest BCUT2D eigenvalue weighted by molar-refractivity contribution is 0.710. The van der Waals surface area contributed by atoms with Crippen molar-refractivity contribution in [1.82, 2.24) is 15.0 Å². The van der Waals surface area contributed by atoms with Crippen LogP contribution < -0.4 is 5.73 Å². The Morgan fingerprint density at radius 2 is 2.04 bits per heavy atom. The van der Waals surface area contributed by atoms with Crippen LogP contribution in [-0.2, 0) is 13.0 Å². The summed E-state index contributed by atoms with van der Waals surface area (Å²) >= 11 is 0. The van der Waals surface area contributed by atoms with Crippen molar-refractivity contribution in [1.29, 1.82) is 0 Å². The number of aryl methyl sites for hydroxylation is 1. The van der Waals surface area contributed by atoms with Crippen molar-refractivity contribution < 1.29 is 0 Å². The van der Waals surface area contributed by atoms with Crippen LogP contribution in [0.15, 0.2) is 47.9 Å². The van der Waals surface area contributed by atoms with Gasteiger partial charge in [-0.25, -0.2) is 4.98 Å². The number of nitrogens with zero attached hydrogens (tertiary/aromatic N) is 3. The van der Waals surface area contributed by atoms with E-state index in [0.717, 1.165) is 46.7 Å². The Labute approximate surface area is 139 Å². The fourth-order valence-corrected chi connectivity index (χ4v) is 3.31. The van der Waals surface area contributed by atoms with Crippen molar-refractivity contribution in [3.8, 4) is 22.5 Å². The van der Waals surface area contributed by atoms with Crippen LogP contribution in [0.2, 0.25) is 0 Å². The van der Waals surface area contributed by atoms with Crippen molar-refractivity contribution in [2.45, 2.75) is 25.4 Å². The summed E-state index contributed by atoms with van der Waals surface area (Å²) in [4.78, 5) is 22.9. The van der Waals surface area contributed by atoms with Crippen molar-refractivity contribution >= 4 is 0 Å². The summed E-state index contributed by atoms with van der Waals surface area (Å²) in [6.07, 6.45) is 5.17. The third kappa shape index (κ3) is 2.41. The summed E-state index contributed by atoms with van der Waals surface area (Å²) in [5, 5.41) is 3.22. The van der Waals surface area contributed by atoms with Gasteiger partial charge in [-0.05, 0) is 42.2 Å². The van der Waals surface area contributed by atoms with Gasteiger partial charge in [0, 0.05) is 23.5 Å². The number of aromatic amines is 1. The fraction of sp³-hybridized carbons (Fsp3) is 0.222. The molecule has 3 N–H and O–H groups in total. The van der Waals surface area contributed by atoms with Crippen LogP contribution in [0, 0.1) is 4.91 Å². The van der Waals surface area contributed by atoms with Gasteiger partial charge in [-0.1, -0.05) is 17.3 Å². The predicted molar refractivity (Wildman–Crippen MR) is 92.0 cm³/mol. The molecule has 1 atom stereocenters. The van der Waals surface area contributed by atoms with E-state index in [4.69, 9.17) is 5.73 Å². The van der Waals surface area contributed by atoms with Crippen molar-refractivity contribution in [2.75, 3.05) is 0 Å². The molecule has 0 fully saturated rings. The molecule has 1 aliphatic rings. The number of hydrogen-bond acceptors (Lipinski definition) is 5. The number of H-pyrrole nitrogens is 1. The van der Waals surface area contributed by atoms with Crippen LogP contribution in [0.25, 0.3) is 22.5 Å². The maximum absolute atomic E-state index is 10.9. The van der Waals surface area contributed by atoms with Crippen LogP contribution in [-0.4, -0.2) is 15.0 Å². The smallest absolute Gasteiger partial charge is 0.121 e. The van der Waals surface area contributed by atoms with Gasteiger partial charge in [0.05, 0.1) is 17.9 Å². The molecule has 6 heteroatoms. The van der Waals surface area contributed by atoms with Gasteiger partial charge in [0.2, 0.25) is 0 Å². The first-order chi connectivity index (χ1) is 11.8. The Bertz CT molecular complexity index is 888. The number of rotatable bonds is 4. The van der Waals surface area contributed by atoms with Gasteiger partial charge >= 0.3 is 0 Å². The lowest BCUT2D eigenvalue weighted by Gasteiger charge is -2.07. The van der Waals surface area contributed by atoms with Crippen molar-refractivity contribution in [3.63, 3.8) is 0 Å². The van der Waals surface area contributed by atoms with E-state index in [-0.39, 0.29) is 6.04 Å². The zero-order chi connectivity index (χ0) is 16.5. The number of nitrogens with two attached hydrogens (primary N) is 1. The Hall–Kier alpha value is -2.86. The van der Waals surface area contributed by atoms with Gasteiger partial charge in [-0.15, -0.1) is 0 Å². The summed E-state index contributed by atoms with van der Waals surface area (Å²) in [6, 6.07) is 9.78. The number of nitrogens with one attached hydrogen (secondary N) is 1. The van der Waals surface area contributed by atoms with Crippen LogP contribution in [0.4, 0.5) is 0 Å². The average molecular weight is 319 g/mol. The molecule has 1 aromatic carbocycles. The zero-order valence-corrected chi connectivity index (χ0v) is 13.1. The molecule has 120 valence electrons. The Kier molecular flexibility index (Phi) is 3.66. The van der Waals surface area contributed by atoms with E-state index >= 15 is 0 Å². The Morgan fingerprint density at radius 3 is 2.79 bits per heavy atom. The first kappa shape index (κ1) is 14.7. The summed E-state index contributed by atoms with van der Waals surface area (Å²) in [5.74, 6) is 0.741. The van der Waals surface area contributed by atoms with Crippen molar-refractivity contribution in [3.05, 3.63) is 64.6 Å². The molecule has 4 rings (SSSR count). The third-order valence-corrected chi connectivity index (χ3v) is 4.50. The van der Waals surface area contributed by atoms with E-state index in [9.17, 15) is 4.91 Å². The van der Waals surface area contributed by atoms with E-state index in [1.54, 1.807) is 12.4 Å². The highest BCUT2D eigenvalue weighted by atomic mass is 16.3. The highest BCUT2D eigenvalue weighted by molar-refractivity contribution is 5.79. The monoisotopic (exact) mass is 319 g/mol. The van der Waals surface area contributed by atoms with E-state index in [1.165, 1.54) is 5.56 Å². The molecule has 0 amide bonds. The first-order valence-corrected chi connectivity index (χ1v) is 7.95. The van der Waals surface area contributed by atoms with Crippen LogP contribution >= 0.6 is 0 Å². The van der Waals surface area contributed by atoms with Gasteiger partial charge in [0.15, 0.2) is 0 Å². The molecular weight excluding hydrogens is 302 g/mol. The maximum Gasteiger partial charge on any atom is 0.121 e. The highest BCUT2D eigenvalue weighted by Gasteiger charge is 2.24. The molecule has 0 saturated carbocycles. The van der Waals surface area contributed by atoms with Crippen molar-refractivity contribution in [2.24, 2.45) is 10.9 Å². The maximum atomic E-state index is 10.9. The molecule has 0 saturated heterocycles. The second-order valence-electron chi connectivity index (χ2n) is 5.92. The molecule has 0 spiro atoms. The van der Waals surface area contributed by atoms with E-state index in [2.05, 4.69) is 26.2 Å². The number of pyridine rings is 1. The second-order valence-corrected chi connectivity index (χ2v) is 5.92. The number of benzene rings is 1. The molecule has 1 unspecified atom stereocenters. The topological polar surface area (TPSA) is 97.0 Å². The number of imidazole rings is 1. The molecule has 24 heavy (non-hydrogen) atoms. The molecule has 2 aromatic heterocycles. The largest absolute Gasteiger partial charge is 0.340 e. The SMILES string of the molecule is NCc1nc(-c2ccc3c(c2)CCC3N=O)c(-c2ccncc2)[nH]1. The minimum atomic E-state index is -0.215. The first-order valence-electron chi connectivity index (χ1n) is 7.95. The molecule has 0 radical (unpaired) electrons. The summed E-state index contributed by atoms with van der Waals surface area (Å²) in [6.45, 7) is 0.347. The summed E-state index contributed by atoms with van der Waals surface area (Å²) in [7, 11) is 0. The van der Waals surface area contributed by atoms with Gasteiger partial charge < -0.3 is 10.7 Å². The van der Waals surface area contributed by atoms with Gasteiger partial charge in [0.1, 0.15) is 11.9 Å². The Balaban J connectivity index is 1.83. The minimum Gasteiger partial charge on any atom is -0.340 e. The summed E-state index contributed by atoms with van der Waals surface area (Å²) in [5.41, 5.74) is 11.8. The molecule has 1 aliphatic carbocycles. The number of fused-ring (bicyclic) bond motifs is 1. The van der Waals surface area contributed by atoms with Crippen LogP contribution in [0.3, 0.4) is 0 Å². The normalized spacial score (nSPS) is 16.1. The molecule has 0 aliphatic heterocycles. The lowest BCUT2D eigenvalue weighted by Crippen LogP contribution is -1.98. The van der Waals surface area contributed by atoms with Gasteiger partial charge in [0.25, 0.3) is 0 Å². The van der Waals surface area contributed by atoms with Crippen LogP contribution in [0.1, 0.15) is 29.4 Å². The number of hydrogen-bond donors (Lipinski definition) is 2. The average Bonchev–Trinajstić information content (AvgIpc) is 3.25. The summed E-state index contributed by atoms with van der Waals surface area (Å²) < 4.78 is 0. The third-order valence-electron chi connectivity index (χ3n) is 4.50. The van der Waals surface area contributed by atoms with Gasteiger partial charge in [-0.2, -0.15) is 4.91 Å². The second kappa shape index (κ2) is 5.98. The van der Waals surface area contributed by atoms with E-state index in [0.29, 0.717) is 6.54 Å². The molecule has 6 nitrogen and oxygen atoms in total. The minimum absolute atomic E-state index is 0.215. The standard InChI is InChI=1S/C18H17N5O/c19-10-16-21-17(11-5-7-20-8-6-11)18(22-16)13-1-3-14-12(9-13)2-4-15(14)23-24/h1,3,5-9,15H,2,4,10,19H2,(H,21,22). The zero-order valence-electron chi connectivity index (χ0n) is 13.1. The van der Waals surface area contributed by atoms with Crippen LogP contribution in [0.5, 0.6) is 0 Å². The fourth-order valence-electron chi connectivity index (χ4n) is 3.31. The molecular formula is C18H17N5O. The molecule has 0 bridgehead atoms. The Morgan fingerprint density at radius 1 is 1.21 bits per heavy atom. The number of nitroso groups, excluding NO2 is 1. The van der Waals surface area contributed by atoms with E-state index in [1.807, 2.05) is 24.3 Å². The molecule has 3 aromatic rings. The lowest BCUT2D eigenvalue weighted by atomic mass is 10.0. The van der Waals surface area contributed by atoms with Gasteiger partial charge in [-0.3, -0.25) is 4.98 Å².